The zero-order valence-corrected chi connectivity index (χ0v) is 18.0. The first kappa shape index (κ1) is 23.0. The Morgan fingerprint density at radius 2 is 1.79 bits per heavy atom. The van der Waals surface area contributed by atoms with E-state index >= 15 is 0 Å². The van der Waals surface area contributed by atoms with E-state index in [2.05, 4.69) is 17.9 Å². The molecule has 29 heavy (non-hydrogen) atoms. The zero-order chi connectivity index (χ0) is 21.2. The molecule has 2 N–H and O–H groups in total. The van der Waals surface area contributed by atoms with Gasteiger partial charge in [-0.25, -0.2) is 4.79 Å². The van der Waals surface area contributed by atoms with Crippen LogP contribution in [0.1, 0.15) is 25.0 Å². The second-order valence-electron chi connectivity index (χ2n) is 6.42. The molecule has 0 heterocycles. The molecule has 0 saturated heterocycles. The van der Waals surface area contributed by atoms with Crippen LogP contribution < -0.4 is 5.32 Å². The summed E-state index contributed by atoms with van der Waals surface area (Å²) in [5, 5.41) is 12.3. The third kappa shape index (κ3) is 7.55. The standard InChI is InChI=1S/C21H25NO5S2/c1-14(11-12-26-19(24)13-28)20(15-3-7-17(23)8-4-15)27-21(25)22-16-5-9-18(29-2)10-6-16/h3-10,14,20,23,28H,11-13H2,1-2H3,(H,22,25)/t14-,20-/m0/s1. The van der Waals surface area contributed by atoms with Gasteiger partial charge in [-0.2, -0.15) is 12.6 Å². The smallest absolute Gasteiger partial charge is 0.412 e. The summed E-state index contributed by atoms with van der Waals surface area (Å²) in [6.07, 6.45) is 1.32. The Balaban J connectivity index is 2.06. The summed E-state index contributed by atoms with van der Waals surface area (Å²) in [6.45, 7) is 2.11. The van der Waals surface area contributed by atoms with Gasteiger partial charge in [0.05, 0.1) is 12.4 Å². The molecule has 2 atom stereocenters. The Bertz CT molecular complexity index is 796. The Morgan fingerprint density at radius 3 is 2.38 bits per heavy atom. The van der Waals surface area contributed by atoms with Gasteiger partial charge in [0.15, 0.2) is 0 Å². The molecule has 0 bridgehead atoms. The summed E-state index contributed by atoms with van der Waals surface area (Å²) in [4.78, 5) is 24.8. The maximum atomic E-state index is 12.5. The van der Waals surface area contributed by atoms with E-state index in [4.69, 9.17) is 9.47 Å². The summed E-state index contributed by atoms with van der Waals surface area (Å²) in [6, 6.07) is 13.9. The number of rotatable bonds is 9. The van der Waals surface area contributed by atoms with Gasteiger partial charge < -0.3 is 14.6 Å². The third-order valence-electron chi connectivity index (χ3n) is 4.27. The van der Waals surface area contributed by atoms with E-state index in [-0.39, 0.29) is 24.0 Å². The van der Waals surface area contributed by atoms with Gasteiger partial charge in [0.1, 0.15) is 11.9 Å². The lowest BCUT2D eigenvalue weighted by atomic mass is 9.94. The van der Waals surface area contributed by atoms with E-state index in [1.165, 1.54) is 0 Å². The second kappa shape index (κ2) is 11.6. The summed E-state index contributed by atoms with van der Waals surface area (Å²) < 4.78 is 10.8. The Morgan fingerprint density at radius 1 is 1.14 bits per heavy atom. The molecular weight excluding hydrogens is 410 g/mol. The number of hydrogen-bond acceptors (Lipinski definition) is 7. The average molecular weight is 436 g/mol. The van der Waals surface area contributed by atoms with Gasteiger partial charge >= 0.3 is 12.1 Å². The molecule has 156 valence electrons. The molecule has 0 fully saturated rings. The number of thioether (sulfide) groups is 1. The first-order valence-electron chi connectivity index (χ1n) is 9.10. The molecule has 2 aromatic carbocycles. The highest BCUT2D eigenvalue weighted by atomic mass is 32.2. The number of phenols is 1. The van der Waals surface area contributed by atoms with Gasteiger partial charge in [0.25, 0.3) is 0 Å². The summed E-state index contributed by atoms with van der Waals surface area (Å²) >= 11 is 5.49. The quantitative estimate of drug-likeness (QED) is 0.295. The van der Waals surface area contributed by atoms with Crippen LogP contribution in [-0.4, -0.2) is 35.8 Å². The van der Waals surface area contributed by atoms with Crippen molar-refractivity contribution < 1.29 is 24.2 Å². The highest BCUT2D eigenvalue weighted by Gasteiger charge is 2.24. The molecule has 0 aromatic heterocycles. The molecular formula is C21H25NO5S2. The van der Waals surface area contributed by atoms with Crippen molar-refractivity contribution in [3.63, 3.8) is 0 Å². The van der Waals surface area contributed by atoms with E-state index in [9.17, 15) is 14.7 Å². The van der Waals surface area contributed by atoms with Crippen LogP contribution in [0.3, 0.4) is 0 Å². The maximum absolute atomic E-state index is 12.5. The lowest BCUT2D eigenvalue weighted by Crippen LogP contribution is -2.23. The fraction of sp³-hybridized carbons (Fsp3) is 0.333. The van der Waals surface area contributed by atoms with Crippen molar-refractivity contribution in [1.82, 2.24) is 0 Å². The largest absolute Gasteiger partial charge is 0.508 e. The maximum Gasteiger partial charge on any atom is 0.412 e. The number of carbonyl (C=O) groups excluding carboxylic acids is 2. The highest BCUT2D eigenvalue weighted by Crippen LogP contribution is 2.30. The van der Waals surface area contributed by atoms with Gasteiger partial charge in [-0.1, -0.05) is 19.1 Å². The predicted octanol–water partition coefficient (Wildman–Crippen LogP) is 4.90. The summed E-state index contributed by atoms with van der Waals surface area (Å²) in [5.74, 6) is -0.378. The van der Waals surface area contributed by atoms with Crippen molar-refractivity contribution in [2.75, 3.05) is 23.9 Å². The fourth-order valence-corrected chi connectivity index (χ4v) is 3.17. The number of anilines is 1. The van der Waals surface area contributed by atoms with E-state index in [1.54, 1.807) is 36.0 Å². The minimum Gasteiger partial charge on any atom is -0.508 e. The molecule has 0 radical (unpaired) electrons. The van der Waals surface area contributed by atoms with Crippen LogP contribution in [0.5, 0.6) is 5.75 Å². The van der Waals surface area contributed by atoms with Gasteiger partial charge in [0, 0.05) is 16.5 Å². The molecule has 2 rings (SSSR count). The molecule has 6 nitrogen and oxygen atoms in total. The van der Waals surface area contributed by atoms with Crippen LogP contribution in [0.2, 0.25) is 0 Å². The lowest BCUT2D eigenvalue weighted by molar-refractivity contribution is -0.141. The zero-order valence-electron chi connectivity index (χ0n) is 16.3. The van der Waals surface area contributed by atoms with Crippen LogP contribution in [0.25, 0.3) is 0 Å². The fourth-order valence-electron chi connectivity index (χ4n) is 2.67. The average Bonchev–Trinajstić information content (AvgIpc) is 2.73. The number of phenolic OH excluding ortho intramolecular Hbond substituents is 1. The Hall–Kier alpha value is -2.32. The minimum atomic E-state index is -0.584. The molecule has 8 heteroatoms. The van der Waals surface area contributed by atoms with Crippen molar-refractivity contribution in [2.24, 2.45) is 5.92 Å². The van der Waals surface area contributed by atoms with Crippen LogP contribution >= 0.6 is 24.4 Å². The number of nitrogens with one attached hydrogen (secondary N) is 1. The molecule has 0 spiro atoms. The highest BCUT2D eigenvalue weighted by molar-refractivity contribution is 7.98. The molecule has 0 unspecified atom stereocenters. The first-order chi connectivity index (χ1) is 13.9. The van der Waals surface area contributed by atoms with Gasteiger partial charge in [-0.05, 0) is 54.6 Å². The molecule has 0 saturated carbocycles. The summed E-state index contributed by atoms with van der Waals surface area (Å²) in [7, 11) is 0. The third-order valence-corrected chi connectivity index (χ3v) is 5.28. The van der Waals surface area contributed by atoms with E-state index in [0.717, 1.165) is 10.5 Å². The molecule has 0 aliphatic carbocycles. The van der Waals surface area contributed by atoms with Gasteiger partial charge in [-0.3, -0.25) is 10.1 Å². The van der Waals surface area contributed by atoms with Crippen molar-refractivity contribution in [2.45, 2.75) is 24.3 Å². The van der Waals surface area contributed by atoms with Crippen molar-refractivity contribution >= 4 is 42.1 Å². The second-order valence-corrected chi connectivity index (χ2v) is 7.61. The normalized spacial score (nSPS) is 12.7. The van der Waals surface area contributed by atoms with Crippen molar-refractivity contribution in [1.29, 1.82) is 0 Å². The van der Waals surface area contributed by atoms with E-state index in [1.807, 2.05) is 37.4 Å². The van der Waals surface area contributed by atoms with Crippen LogP contribution in [0.4, 0.5) is 10.5 Å². The van der Waals surface area contributed by atoms with Crippen LogP contribution in [0, 0.1) is 5.92 Å². The number of thiol groups is 1. The van der Waals surface area contributed by atoms with E-state index in [0.29, 0.717) is 12.1 Å². The topological polar surface area (TPSA) is 84.9 Å². The van der Waals surface area contributed by atoms with Crippen molar-refractivity contribution in [3.8, 4) is 5.75 Å². The van der Waals surface area contributed by atoms with Crippen LogP contribution in [-0.2, 0) is 14.3 Å². The number of ether oxygens (including phenoxy) is 2. The number of benzene rings is 2. The number of aromatic hydroxyl groups is 1. The molecule has 0 aliphatic heterocycles. The molecule has 0 aliphatic rings. The number of carbonyl (C=O) groups is 2. The number of amides is 1. The van der Waals surface area contributed by atoms with Gasteiger partial charge in [-0.15, -0.1) is 11.8 Å². The minimum absolute atomic E-state index is 0.0179. The van der Waals surface area contributed by atoms with Crippen molar-refractivity contribution in [3.05, 3.63) is 54.1 Å². The Kier molecular flexibility index (Phi) is 9.21. The molecule has 1 amide bonds. The number of hydrogen-bond donors (Lipinski definition) is 3. The van der Waals surface area contributed by atoms with Crippen LogP contribution in [0.15, 0.2) is 53.4 Å². The van der Waals surface area contributed by atoms with Gasteiger partial charge in [0.2, 0.25) is 0 Å². The predicted molar refractivity (Wildman–Crippen MR) is 118 cm³/mol. The number of esters is 1. The SMILES string of the molecule is CSc1ccc(NC(=O)O[C@H](c2ccc(O)cc2)[C@@H](C)CCOC(=O)CS)cc1. The Labute approximate surface area is 180 Å². The molecule has 2 aromatic rings. The summed E-state index contributed by atoms with van der Waals surface area (Å²) in [5.41, 5.74) is 1.37. The first-order valence-corrected chi connectivity index (χ1v) is 11.0. The lowest BCUT2D eigenvalue weighted by Gasteiger charge is -2.25. The van der Waals surface area contributed by atoms with E-state index < -0.39 is 18.2 Å². The monoisotopic (exact) mass is 435 g/mol.